The van der Waals surface area contributed by atoms with E-state index in [1.165, 1.54) is 14.8 Å². The molecule has 1 aliphatic heterocycles. The van der Waals surface area contributed by atoms with E-state index in [1.54, 1.807) is 19.2 Å². The molecule has 36 heavy (non-hydrogen) atoms. The van der Waals surface area contributed by atoms with Crippen molar-refractivity contribution in [2.75, 3.05) is 40.0 Å². The number of morpholine rings is 1. The van der Waals surface area contributed by atoms with Gasteiger partial charge in [-0.25, -0.2) is 9.36 Å². The SMILES string of the molecule is CCCCC(C(N)=O)c1nn(-c2ccc(CCN3CCOCC3)cc2)c(=O)n1-c1ccccc1OC. The second-order valence-corrected chi connectivity index (χ2v) is 9.03. The highest BCUT2D eigenvalue weighted by molar-refractivity contribution is 5.81. The van der Waals surface area contributed by atoms with E-state index in [-0.39, 0.29) is 5.69 Å². The van der Waals surface area contributed by atoms with E-state index in [0.717, 1.165) is 52.1 Å². The van der Waals surface area contributed by atoms with Crippen molar-refractivity contribution in [3.05, 3.63) is 70.4 Å². The van der Waals surface area contributed by atoms with E-state index in [2.05, 4.69) is 10.00 Å². The first-order valence-electron chi connectivity index (χ1n) is 12.6. The van der Waals surface area contributed by atoms with Gasteiger partial charge in [0, 0.05) is 19.6 Å². The Balaban J connectivity index is 1.70. The van der Waals surface area contributed by atoms with Crippen molar-refractivity contribution in [2.45, 2.75) is 38.5 Å². The van der Waals surface area contributed by atoms with E-state index < -0.39 is 11.8 Å². The number of hydrogen-bond donors (Lipinski definition) is 1. The fourth-order valence-electron chi connectivity index (χ4n) is 4.54. The Hall–Kier alpha value is -3.43. The van der Waals surface area contributed by atoms with Crippen LogP contribution in [0.5, 0.6) is 5.75 Å². The minimum absolute atomic E-state index is 0.321. The predicted molar refractivity (Wildman–Crippen MR) is 138 cm³/mol. The van der Waals surface area contributed by atoms with Gasteiger partial charge in [0.05, 0.1) is 37.6 Å². The zero-order chi connectivity index (χ0) is 25.5. The van der Waals surface area contributed by atoms with Crippen LogP contribution in [0.1, 0.15) is 43.5 Å². The molecule has 0 spiro atoms. The summed E-state index contributed by atoms with van der Waals surface area (Å²) in [5.41, 5.74) is 7.75. The molecule has 1 aliphatic rings. The quantitative estimate of drug-likeness (QED) is 0.440. The second-order valence-electron chi connectivity index (χ2n) is 9.03. The Morgan fingerprint density at radius 3 is 2.53 bits per heavy atom. The van der Waals surface area contributed by atoms with Gasteiger partial charge in [0.1, 0.15) is 5.75 Å². The van der Waals surface area contributed by atoms with Crippen molar-refractivity contribution in [3.8, 4) is 17.1 Å². The molecule has 1 fully saturated rings. The molecule has 2 heterocycles. The number of primary amides is 1. The number of nitrogens with two attached hydrogens (primary N) is 1. The lowest BCUT2D eigenvalue weighted by Gasteiger charge is -2.26. The Morgan fingerprint density at radius 1 is 1.14 bits per heavy atom. The van der Waals surface area contributed by atoms with Crippen LogP contribution in [-0.4, -0.2) is 65.1 Å². The minimum Gasteiger partial charge on any atom is -0.495 e. The summed E-state index contributed by atoms with van der Waals surface area (Å²) in [5, 5.41) is 4.64. The van der Waals surface area contributed by atoms with Crippen LogP contribution < -0.4 is 16.2 Å². The summed E-state index contributed by atoms with van der Waals surface area (Å²) in [4.78, 5) is 28.6. The molecule has 2 aromatic carbocycles. The van der Waals surface area contributed by atoms with Crippen molar-refractivity contribution in [1.82, 2.24) is 19.2 Å². The number of benzene rings is 2. The van der Waals surface area contributed by atoms with Gasteiger partial charge in [-0.15, -0.1) is 5.10 Å². The predicted octanol–water partition coefficient (Wildman–Crippen LogP) is 2.67. The summed E-state index contributed by atoms with van der Waals surface area (Å²) in [6, 6.07) is 15.0. The number of aromatic nitrogens is 3. The number of para-hydroxylation sites is 2. The molecule has 3 aromatic rings. The highest BCUT2D eigenvalue weighted by Gasteiger charge is 2.28. The first kappa shape index (κ1) is 25.7. The van der Waals surface area contributed by atoms with Gasteiger partial charge in [-0.3, -0.25) is 9.69 Å². The fourth-order valence-corrected chi connectivity index (χ4v) is 4.54. The van der Waals surface area contributed by atoms with E-state index in [1.807, 2.05) is 43.3 Å². The highest BCUT2D eigenvalue weighted by atomic mass is 16.5. The summed E-state index contributed by atoms with van der Waals surface area (Å²) >= 11 is 0. The molecule has 1 unspecified atom stereocenters. The number of ether oxygens (including phenoxy) is 2. The molecular formula is C27H35N5O4. The Morgan fingerprint density at radius 2 is 1.86 bits per heavy atom. The number of nitrogens with zero attached hydrogens (tertiary/aromatic N) is 4. The fraction of sp³-hybridized carbons (Fsp3) is 0.444. The number of hydrogen-bond acceptors (Lipinski definition) is 6. The third kappa shape index (κ3) is 5.68. The van der Waals surface area contributed by atoms with Gasteiger partial charge >= 0.3 is 5.69 Å². The largest absolute Gasteiger partial charge is 0.495 e. The van der Waals surface area contributed by atoms with E-state index in [4.69, 9.17) is 15.2 Å². The molecule has 192 valence electrons. The Labute approximate surface area is 211 Å². The van der Waals surface area contributed by atoms with Gasteiger partial charge in [0.2, 0.25) is 5.91 Å². The van der Waals surface area contributed by atoms with E-state index in [0.29, 0.717) is 29.4 Å². The first-order valence-corrected chi connectivity index (χ1v) is 12.6. The smallest absolute Gasteiger partial charge is 0.355 e. The maximum Gasteiger partial charge on any atom is 0.355 e. The molecule has 4 rings (SSSR count). The Bertz CT molecular complexity index is 1210. The molecule has 2 N–H and O–H groups in total. The van der Waals surface area contributed by atoms with E-state index in [9.17, 15) is 9.59 Å². The van der Waals surface area contributed by atoms with Crippen molar-refractivity contribution in [2.24, 2.45) is 5.73 Å². The molecule has 1 aromatic heterocycles. The first-order chi connectivity index (χ1) is 17.5. The number of amides is 1. The lowest BCUT2D eigenvalue weighted by atomic mass is 10.0. The zero-order valence-corrected chi connectivity index (χ0v) is 21.1. The van der Waals surface area contributed by atoms with Gasteiger partial charge in [0.25, 0.3) is 0 Å². The molecule has 0 bridgehead atoms. The molecule has 9 heteroatoms. The van der Waals surface area contributed by atoms with Crippen LogP contribution in [-0.2, 0) is 16.0 Å². The van der Waals surface area contributed by atoms with Crippen LogP contribution in [0.4, 0.5) is 0 Å². The normalized spacial score (nSPS) is 15.1. The van der Waals surface area contributed by atoms with Crippen LogP contribution >= 0.6 is 0 Å². The molecule has 1 amide bonds. The third-order valence-corrected chi connectivity index (χ3v) is 6.63. The zero-order valence-electron chi connectivity index (χ0n) is 21.1. The van der Waals surface area contributed by atoms with Crippen LogP contribution in [0.15, 0.2) is 53.3 Å². The number of rotatable bonds is 11. The molecule has 9 nitrogen and oxygen atoms in total. The summed E-state index contributed by atoms with van der Waals surface area (Å²) in [7, 11) is 1.55. The molecule has 1 saturated heterocycles. The summed E-state index contributed by atoms with van der Waals surface area (Å²) in [6.07, 6.45) is 3.11. The van der Waals surface area contributed by atoms with Crippen molar-refractivity contribution >= 4 is 5.91 Å². The minimum atomic E-state index is -0.698. The van der Waals surface area contributed by atoms with Gasteiger partial charge in [-0.05, 0) is 42.7 Å². The summed E-state index contributed by atoms with van der Waals surface area (Å²) in [5.74, 6) is -0.369. The van der Waals surface area contributed by atoms with Gasteiger partial charge in [0.15, 0.2) is 5.82 Å². The summed E-state index contributed by atoms with van der Waals surface area (Å²) in [6.45, 7) is 6.48. The van der Waals surface area contributed by atoms with Crippen LogP contribution in [0.3, 0.4) is 0 Å². The monoisotopic (exact) mass is 493 g/mol. The molecule has 1 atom stereocenters. The summed E-state index contributed by atoms with van der Waals surface area (Å²) < 4.78 is 13.7. The van der Waals surface area contributed by atoms with Crippen molar-refractivity contribution in [1.29, 1.82) is 0 Å². The Kier molecular flexibility index (Phi) is 8.56. The maximum absolute atomic E-state index is 13.7. The number of carbonyl (C=O) groups is 1. The highest BCUT2D eigenvalue weighted by Crippen LogP contribution is 2.27. The van der Waals surface area contributed by atoms with Crippen molar-refractivity contribution in [3.63, 3.8) is 0 Å². The lowest BCUT2D eigenvalue weighted by Crippen LogP contribution is -2.37. The van der Waals surface area contributed by atoms with E-state index >= 15 is 0 Å². The second kappa shape index (κ2) is 12.0. The van der Waals surface area contributed by atoms with Gasteiger partial charge in [-0.1, -0.05) is 44.0 Å². The standard InChI is InChI=1S/C27H35N5O4/c1-3-4-7-22(25(28)33)26-29-32(27(34)31(26)23-8-5-6-9-24(23)35-2)21-12-10-20(11-13-21)14-15-30-16-18-36-19-17-30/h5-6,8-13,22H,3-4,7,14-19H2,1-2H3,(H2,28,33). The van der Waals surface area contributed by atoms with Gasteiger partial charge < -0.3 is 15.2 Å². The molecule has 0 radical (unpaired) electrons. The average molecular weight is 494 g/mol. The van der Waals surface area contributed by atoms with Crippen LogP contribution in [0.25, 0.3) is 11.4 Å². The van der Waals surface area contributed by atoms with Crippen LogP contribution in [0, 0.1) is 0 Å². The molecule has 0 aliphatic carbocycles. The average Bonchev–Trinajstić information content (AvgIpc) is 3.24. The topological polar surface area (TPSA) is 105 Å². The molecule has 0 saturated carbocycles. The van der Waals surface area contributed by atoms with Crippen molar-refractivity contribution < 1.29 is 14.3 Å². The number of carbonyl (C=O) groups excluding carboxylic acids is 1. The molecular weight excluding hydrogens is 458 g/mol. The number of methoxy groups -OCH3 is 1. The third-order valence-electron chi connectivity index (χ3n) is 6.63. The lowest BCUT2D eigenvalue weighted by molar-refractivity contribution is -0.119. The number of unbranched alkanes of at least 4 members (excludes halogenated alkanes) is 1. The maximum atomic E-state index is 13.7. The van der Waals surface area contributed by atoms with Crippen LogP contribution in [0.2, 0.25) is 0 Å². The van der Waals surface area contributed by atoms with Gasteiger partial charge in [-0.2, -0.15) is 4.68 Å².